The Balaban J connectivity index is 4.06. The molecular weight excluding hydrogens is 878 g/mol. The van der Waals surface area contributed by atoms with Crippen LogP contribution in [0, 0.1) is 0 Å². The fourth-order valence-electron chi connectivity index (χ4n) is 8.13. The Bertz CT molecular complexity index is 1290. The summed E-state index contributed by atoms with van der Waals surface area (Å²) in [4.78, 5) is 23.1. The van der Waals surface area contributed by atoms with Crippen molar-refractivity contribution < 1.29 is 37.3 Å². The first kappa shape index (κ1) is 67.2. The standard InChI is InChI=1S/C60H112NO7P/c1-6-8-10-12-14-16-18-20-22-24-26-28-29-30-31-32-34-36-38-40-42-44-46-48-50-52-55-65-57-59(58-67-69(63,64)66-56-54-61(3,4)5)68-60(62)53-51-49-47-45-43-41-39-37-35-33-27-25-23-21-19-17-15-13-11-9-7-2/h9,11,15,17,21,23-24,26-27,33,59H,6-8,10,12-14,16,18-20,22,25,28-32,34-58H2,1-5H3/p+1/b11-9-,17-15-,23-21-,26-24-,33-27-. The first-order valence-electron chi connectivity index (χ1n) is 29.0. The van der Waals surface area contributed by atoms with E-state index < -0.39 is 13.9 Å². The fourth-order valence-corrected chi connectivity index (χ4v) is 8.87. The topological polar surface area (TPSA) is 91.3 Å². The SMILES string of the molecule is CC/C=C\C/C=C\C/C=C\C/C=C\CCCCCCCCCCC(=O)OC(COCCCCCCCCCCCCCCCC/C=C\CCCCCCCCCC)COP(=O)(O)OCC[N+](C)(C)C. The summed E-state index contributed by atoms with van der Waals surface area (Å²) in [5.41, 5.74) is 0. The number of hydrogen-bond donors (Lipinski definition) is 1. The van der Waals surface area contributed by atoms with Crippen molar-refractivity contribution in [1.29, 1.82) is 0 Å². The number of nitrogens with zero attached hydrogens (tertiary/aromatic N) is 1. The van der Waals surface area contributed by atoms with E-state index in [0.717, 1.165) is 64.2 Å². The molecule has 0 aliphatic carbocycles. The molecule has 0 saturated carbocycles. The second kappa shape index (κ2) is 52.5. The summed E-state index contributed by atoms with van der Waals surface area (Å²) in [6.45, 7) is 5.53. The van der Waals surface area contributed by atoms with Crippen LogP contribution in [0.25, 0.3) is 0 Å². The Morgan fingerprint density at radius 1 is 0.464 bits per heavy atom. The van der Waals surface area contributed by atoms with E-state index in [1.807, 2.05) is 21.1 Å². The van der Waals surface area contributed by atoms with Crippen LogP contribution in [-0.4, -0.2) is 75.6 Å². The molecule has 1 N–H and O–H groups in total. The van der Waals surface area contributed by atoms with E-state index in [9.17, 15) is 14.3 Å². The molecule has 0 aliphatic heterocycles. The van der Waals surface area contributed by atoms with Gasteiger partial charge in [-0.15, -0.1) is 0 Å². The van der Waals surface area contributed by atoms with E-state index in [4.69, 9.17) is 18.5 Å². The second-order valence-corrected chi connectivity index (χ2v) is 22.1. The second-order valence-electron chi connectivity index (χ2n) is 20.6. The molecule has 0 bridgehead atoms. The van der Waals surface area contributed by atoms with Crippen molar-refractivity contribution in [2.45, 2.75) is 264 Å². The third-order valence-electron chi connectivity index (χ3n) is 12.6. The van der Waals surface area contributed by atoms with Gasteiger partial charge in [0.05, 0.1) is 34.4 Å². The highest BCUT2D eigenvalue weighted by atomic mass is 31.2. The lowest BCUT2D eigenvalue weighted by Gasteiger charge is -2.24. The summed E-state index contributed by atoms with van der Waals surface area (Å²) >= 11 is 0. The smallest absolute Gasteiger partial charge is 0.457 e. The lowest BCUT2D eigenvalue weighted by molar-refractivity contribution is -0.870. The number of carbonyl (C=O) groups excluding carboxylic acids is 1. The zero-order valence-electron chi connectivity index (χ0n) is 46.0. The molecule has 0 aromatic rings. The Kier molecular flexibility index (Phi) is 51.2. The van der Waals surface area contributed by atoms with Crippen molar-refractivity contribution in [1.82, 2.24) is 0 Å². The molecule has 0 rings (SSSR count). The van der Waals surface area contributed by atoms with Gasteiger partial charge < -0.3 is 18.9 Å². The summed E-state index contributed by atoms with van der Waals surface area (Å²) in [5, 5.41) is 0. The van der Waals surface area contributed by atoms with Crippen molar-refractivity contribution in [3.63, 3.8) is 0 Å². The van der Waals surface area contributed by atoms with Gasteiger partial charge in [-0.25, -0.2) is 4.57 Å². The molecule has 69 heavy (non-hydrogen) atoms. The molecule has 0 radical (unpaired) electrons. The van der Waals surface area contributed by atoms with Gasteiger partial charge in [0, 0.05) is 13.0 Å². The molecule has 0 aliphatic rings. The highest BCUT2D eigenvalue weighted by Crippen LogP contribution is 2.43. The van der Waals surface area contributed by atoms with E-state index in [1.165, 1.54) is 173 Å². The Hall–Kier alpha value is -1.80. The van der Waals surface area contributed by atoms with Crippen LogP contribution in [-0.2, 0) is 27.9 Å². The molecule has 8 nitrogen and oxygen atoms in total. The van der Waals surface area contributed by atoms with Gasteiger partial charge in [-0.2, -0.15) is 0 Å². The molecule has 0 amide bonds. The van der Waals surface area contributed by atoms with Crippen LogP contribution in [0.2, 0.25) is 0 Å². The zero-order chi connectivity index (χ0) is 50.5. The molecule has 0 aromatic heterocycles. The van der Waals surface area contributed by atoms with E-state index in [-0.39, 0.29) is 25.8 Å². The molecule has 2 atom stereocenters. The van der Waals surface area contributed by atoms with Gasteiger partial charge in [0.2, 0.25) is 0 Å². The van der Waals surface area contributed by atoms with Gasteiger partial charge in [-0.05, 0) is 77.0 Å². The fraction of sp³-hybridized carbons (Fsp3) is 0.817. The molecule has 0 aromatic carbocycles. The first-order valence-corrected chi connectivity index (χ1v) is 30.5. The van der Waals surface area contributed by atoms with Crippen LogP contribution in [0.15, 0.2) is 60.8 Å². The van der Waals surface area contributed by atoms with Crippen LogP contribution >= 0.6 is 7.82 Å². The Labute approximate surface area is 428 Å². The zero-order valence-corrected chi connectivity index (χ0v) is 46.9. The largest absolute Gasteiger partial charge is 0.472 e. The van der Waals surface area contributed by atoms with Crippen LogP contribution in [0.5, 0.6) is 0 Å². The highest BCUT2D eigenvalue weighted by molar-refractivity contribution is 7.47. The molecule has 0 fully saturated rings. The van der Waals surface area contributed by atoms with Crippen LogP contribution < -0.4 is 0 Å². The number of quaternary nitrogens is 1. The Morgan fingerprint density at radius 2 is 0.841 bits per heavy atom. The van der Waals surface area contributed by atoms with Crippen LogP contribution in [0.1, 0.15) is 258 Å². The summed E-state index contributed by atoms with van der Waals surface area (Å²) in [5.74, 6) is -0.320. The number of phosphoric ester groups is 1. The van der Waals surface area contributed by atoms with Gasteiger partial charge >= 0.3 is 13.8 Å². The minimum absolute atomic E-state index is 0.0856. The van der Waals surface area contributed by atoms with Gasteiger partial charge in [-0.3, -0.25) is 13.8 Å². The molecule has 0 heterocycles. The third kappa shape index (κ3) is 57.0. The van der Waals surface area contributed by atoms with Crippen LogP contribution in [0.3, 0.4) is 0 Å². The summed E-state index contributed by atoms with van der Waals surface area (Å²) in [7, 11) is 1.66. The number of rotatable bonds is 54. The molecule has 404 valence electrons. The lowest BCUT2D eigenvalue weighted by Crippen LogP contribution is -2.37. The number of phosphoric acid groups is 1. The van der Waals surface area contributed by atoms with Crippen molar-refractivity contribution in [3.8, 4) is 0 Å². The molecule has 0 spiro atoms. The number of ether oxygens (including phenoxy) is 2. The van der Waals surface area contributed by atoms with Gasteiger partial charge in [0.15, 0.2) is 0 Å². The minimum atomic E-state index is -4.29. The maximum atomic E-state index is 12.8. The molecule has 9 heteroatoms. The summed E-state index contributed by atoms with van der Waals surface area (Å²) < 4.78 is 35.3. The predicted octanol–water partition coefficient (Wildman–Crippen LogP) is 18.4. The monoisotopic (exact) mass is 991 g/mol. The lowest BCUT2D eigenvalue weighted by atomic mass is 10.0. The van der Waals surface area contributed by atoms with E-state index in [2.05, 4.69) is 74.6 Å². The quantitative estimate of drug-likeness (QED) is 0.0213. The average molecular weight is 992 g/mol. The van der Waals surface area contributed by atoms with Crippen molar-refractivity contribution >= 4 is 13.8 Å². The summed E-state index contributed by atoms with van der Waals surface area (Å²) in [6.07, 6.45) is 68.6. The van der Waals surface area contributed by atoms with Crippen molar-refractivity contribution in [2.24, 2.45) is 0 Å². The normalized spacial score (nSPS) is 13.9. The van der Waals surface area contributed by atoms with Crippen molar-refractivity contribution in [3.05, 3.63) is 60.8 Å². The van der Waals surface area contributed by atoms with E-state index in [0.29, 0.717) is 24.1 Å². The number of hydrogen-bond acceptors (Lipinski definition) is 6. The van der Waals surface area contributed by atoms with Gasteiger partial charge in [-0.1, -0.05) is 235 Å². The van der Waals surface area contributed by atoms with E-state index >= 15 is 0 Å². The molecule has 2 unspecified atom stereocenters. The van der Waals surface area contributed by atoms with Gasteiger partial charge in [0.25, 0.3) is 0 Å². The first-order chi connectivity index (χ1) is 33.6. The predicted molar refractivity (Wildman–Crippen MR) is 298 cm³/mol. The highest BCUT2D eigenvalue weighted by Gasteiger charge is 2.26. The van der Waals surface area contributed by atoms with E-state index in [1.54, 1.807) is 0 Å². The average Bonchev–Trinajstić information content (AvgIpc) is 3.31. The molecular formula is C60H113NO7P+. The minimum Gasteiger partial charge on any atom is -0.457 e. The number of unbranched alkanes of at least 4 members (excludes halogenated alkanes) is 30. The Morgan fingerprint density at radius 3 is 1.28 bits per heavy atom. The summed E-state index contributed by atoms with van der Waals surface area (Å²) in [6, 6.07) is 0. The number of carbonyl (C=O) groups is 1. The van der Waals surface area contributed by atoms with Gasteiger partial charge in [0.1, 0.15) is 19.3 Å². The number of likely N-dealkylation sites (N-methyl/N-ethyl adjacent to an activating group) is 1. The molecule has 0 saturated heterocycles. The maximum Gasteiger partial charge on any atom is 0.472 e. The van der Waals surface area contributed by atoms with Crippen molar-refractivity contribution in [2.75, 3.05) is 54.1 Å². The third-order valence-corrected chi connectivity index (χ3v) is 13.5. The van der Waals surface area contributed by atoms with Crippen LogP contribution in [0.4, 0.5) is 0 Å². The maximum absolute atomic E-state index is 12.8. The number of esters is 1. The number of allylic oxidation sites excluding steroid dienone is 10.